The molecular weight excluding hydrogens is 234 g/mol. The summed E-state index contributed by atoms with van der Waals surface area (Å²) in [5.41, 5.74) is 0.454. The standard InChI is InChI=1S/C12H13N3O3/c13-7-8-6-9(4-5-11(8)15(17)18)14-10-2-1-3-12(10)16/h4-6,10,12,14,16H,1-3H2/t10-,12-/m0/s1. The van der Waals surface area contributed by atoms with Gasteiger partial charge in [0, 0.05) is 11.8 Å². The number of hydrogen-bond acceptors (Lipinski definition) is 5. The van der Waals surface area contributed by atoms with E-state index in [1.807, 2.05) is 6.07 Å². The van der Waals surface area contributed by atoms with Gasteiger partial charge in [-0.25, -0.2) is 0 Å². The summed E-state index contributed by atoms with van der Waals surface area (Å²) in [6.45, 7) is 0. The SMILES string of the molecule is N#Cc1cc(N[C@H]2CCC[C@@H]2O)ccc1[N+](=O)[O-]. The van der Waals surface area contributed by atoms with Crippen molar-refractivity contribution in [3.05, 3.63) is 33.9 Å². The molecule has 0 spiro atoms. The highest BCUT2D eigenvalue weighted by Crippen LogP contribution is 2.26. The zero-order chi connectivity index (χ0) is 13.1. The van der Waals surface area contributed by atoms with Crippen molar-refractivity contribution in [2.24, 2.45) is 0 Å². The highest BCUT2D eigenvalue weighted by Gasteiger charge is 2.25. The lowest BCUT2D eigenvalue weighted by atomic mass is 10.1. The first kappa shape index (κ1) is 12.3. The second-order valence-electron chi connectivity index (χ2n) is 4.35. The third-order valence-corrected chi connectivity index (χ3v) is 3.15. The lowest BCUT2D eigenvalue weighted by Crippen LogP contribution is -2.27. The van der Waals surface area contributed by atoms with Crippen LogP contribution in [-0.4, -0.2) is 22.2 Å². The Bertz CT molecular complexity index is 510. The highest BCUT2D eigenvalue weighted by atomic mass is 16.6. The van der Waals surface area contributed by atoms with E-state index in [1.54, 1.807) is 6.07 Å². The first-order valence-electron chi connectivity index (χ1n) is 5.75. The van der Waals surface area contributed by atoms with Crippen molar-refractivity contribution in [2.75, 3.05) is 5.32 Å². The number of aliphatic hydroxyl groups excluding tert-OH is 1. The summed E-state index contributed by atoms with van der Waals surface area (Å²) >= 11 is 0. The number of nitrogens with one attached hydrogen (secondary N) is 1. The van der Waals surface area contributed by atoms with E-state index < -0.39 is 11.0 Å². The van der Waals surface area contributed by atoms with E-state index in [1.165, 1.54) is 12.1 Å². The van der Waals surface area contributed by atoms with Crippen molar-refractivity contribution in [1.29, 1.82) is 5.26 Å². The maximum absolute atomic E-state index is 10.7. The average Bonchev–Trinajstić information content (AvgIpc) is 2.74. The van der Waals surface area contributed by atoms with Crippen LogP contribution in [-0.2, 0) is 0 Å². The van der Waals surface area contributed by atoms with Gasteiger partial charge in [0.25, 0.3) is 5.69 Å². The molecule has 18 heavy (non-hydrogen) atoms. The minimum Gasteiger partial charge on any atom is -0.391 e. The Labute approximate surface area is 104 Å². The van der Waals surface area contributed by atoms with Crippen molar-refractivity contribution in [2.45, 2.75) is 31.4 Å². The van der Waals surface area contributed by atoms with Gasteiger partial charge < -0.3 is 10.4 Å². The van der Waals surface area contributed by atoms with E-state index >= 15 is 0 Å². The first-order valence-corrected chi connectivity index (χ1v) is 5.75. The Kier molecular flexibility index (Phi) is 3.44. The topological polar surface area (TPSA) is 99.2 Å². The molecule has 0 radical (unpaired) electrons. The van der Waals surface area contributed by atoms with E-state index in [0.717, 1.165) is 19.3 Å². The van der Waals surface area contributed by atoms with E-state index in [9.17, 15) is 15.2 Å². The van der Waals surface area contributed by atoms with E-state index in [0.29, 0.717) is 5.69 Å². The molecule has 0 unspecified atom stereocenters. The van der Waals surface area contributed by atoms with Gasteiger partial charge in [0.1, 0.15) is 11.6 Å². The van der Waals surface area contributed by atoms with Crippen molar-refractivity contribution >= 4 is 11.4 Å². The molecule has 0 amide bonds. The number of anilines is 1. The molecule has 2 N–H and O–H groups in total. The van der Waals surface area contributed by atoms with Gasteiger partial charge in [0.15, 0.2) is 0 Å². The monoisotopic (exact) mass is 247 g/mol. The molecule has 0 saturated heterocycles. The van der Waals surface area contributed by atoms with Crippen LogP contribution in [0.25, 0.3) is 0 Å². The molecule has 0 heterocycles. The third-order valence-electron chi connectivity index (χ3n) is 3.15. The fourth-order valence-electron chi connectivity index (χ4n) is 2.20. The Hall–Kier alpha value is -2.13. The van der Waals surface area contributed by atoms with E-state index in [-0.39, 0.29) is 17.3 Å². The zero-order valence-electron chi connectivity index (χ0n) is 9.67. The van der Waals surface area contributed by atoms with Gasteiger partial charge in [0.2, 0.25) is 0 Å². The fraction of sp³-hybridized carbons (Fsp3) is 0.417. The van der Waals surface area contributed by atoms with Gasteiger partial charge in [0.05, 0.1) is 17.1 Å². The summed E-state index contributed by atoms with van der Waals surface area (Å²) in [6, 6.07) is 6.08. The van der Waals surface area contributed by atoms with Crippen LogP contribution in [0.4, 0.5) is 11.4 Å². The Morgan fingerprint density at radius 2 is 2.28 bits per heavy atom. The molecule has 2 rings (SSSR count). The lowest BCUT2D eigenvalue weighted by molar-refractivity contribution is -0.385. The predicted molar refractivity (Wildman–Crippen MR) is 65.1 cm³/mol. The van der Waals surface area contributed by atoms with Gasteiger partial charge in [-0.05, 0) is 31.4 Å². The van der Waals surface area contributed by atoms with Crippen molar-refractivity contribution in [1.82, 2.24) is 0 Å². The number of nitriles is 1. The second kappa shape index (κ2) is 5.02. The molecule has 1 aliphatic carbocycles. The molecule has 94 valence electrons. The zero-order valence-corrected chi connectivity index (χ0v) is 9.67. The summed E-state index contributed by atoms with van der Waals surface area (Å²) in [7, 11) is 0. The van der Waals surface area contributed by atoms with E-state index in [4.69, 9.17) is 5.26 Å². The van der Waals surface area contributed by atoms with Crippen LogP contribution in [0.3, 0.4) is 0 Å². The number of rotatable bonds is 3. The summed E-state index contributed by atoms with van der Waals surface area (Å²) < 4.78 is 0. The quantitative estimate of drug-likeness (QED) is 0.626. The van der Waals surface area contributed by atoms with Crippen LogP contribution in [0.2, 0.25) is 0 Å². The number of hydrogen-bond donors (Lipinski definition) is 2. The summed E-state index contributed by atoms with van der Waals surface area (Å²) in [6.07, 6.45) is 2.18. The minimum absolute atomic E-state index is 0.0255. The summed E-state index contributed by atoms with van der Waals surface area (Å²) in [5.74, 6) is 0. The van der Waals surface area contributed by atoms with Gasteiger partial charge >= 0.3 is 0 Å². The highest BCUT2D eigenvalue weighted by molar-refractivity contribution is 5.59. The van der Waals surface area contributed by atoms with Crippen LogP contribution in [0.15, 0.2) is 18.2 Å². The predicted octanol–water partition coefficient (Wildman–Crippen LogP) is 1.79. The average molecular weight is 247 g/mol. The van der Waals surface area contributed by atoms with Crippen molar-refractivity contribution in [3.8, 4) is 6.07 Å². The maximum Gasteiger partial charge on any atom is 0.287 e. The largest absolute Gasteiger partial charge is 0.391 e. The molecule has 0 aliphatic heterocycles. The molecule has 6 heteroatoms. The number of benzene rings is 1. The summed E-state index contributed by atoms with van der Waals surface area (Å²) in [4.78, 5) is 10.1. The normalized spacial score (nSPS) is 22.4. The molecule has 1 aromatic carbocycles. The van der Waals surface area contributed by atoms with Crippen LogP contribution in [0, 0.1) is 21.4 Å². The maximum atomic E-state index is 10.7. The molecule has 0 aromatic heterocycles. The molecule has 1 saturated carbocycles. The van der Waals surface area contributed by atoms with Crippen molar-refractivity contribution in [3.63, 3.8) is 0 Å². The number of nitro groups is 1. The molecule has 1 aromatic rings. The number of nitrogens with zero attached hydrogens (tertiary/aromatic N) is 2. The lowest BCUT2D eigenvalue weighted by Gasteiger charge is -2.17. The molecule has 2 atom stereocenters. The van der Waals surface area contributed by atoms with E-state index in [2.05, 4.69) is 5.32 Å². The van der Waals surface area contributed by atoms with Crippen LogP contribution < -0.4 is 5.32 Å². The molecule has 1 aliphatic rings. The van der Waals surface area contributed by atoms with Crippen LogP contribution in [0.5, 0.6) is 0 Å². The van der Waals surface area contributed by atoms with Crippen molar-refractivity contribution < 1.29 is 10.0 Å². The molecule has 1 fully saturated rings. The molecule has 0 bridgehead atoms. The van der Waals surface area contributed by atoms with Gasteiger partial charge in [-0.1, -0.05) is 0 Å². The smallest absolute Gasteiger partial charge is 0.287 e. The van der Waals surface area contributed by atoms with Gasteiger partial charge in [-0.2, -0.15) is 5.26 Å². The van der Waals surface area contributed by atoms with Crippen LogP contribution >= 0.6 is 0 Å². The molecule has 6 nitrogen and oxygen atoms in total. The third kappa shape index (κ3) is 2.41. The fourth-order valence-corrected chi connectivity index (χ4v) is 2.20. The Morgan fingerprint density at radius 3 is 2.83 bits per heavy atom. The molecular formula is C12H13N3O3. The van der Waals surface area contributed by atoms with Gasteiger partial charge in [-0.3, -0.25) is 10.1 Å². The summed E-state index contributed by atoms with van der Waals surface area (Å²) in [5, 5.41) is 32.3. The van der Waals surface area contributed by atoms with Gasteiger partial charge in [-0.15, -0.1) is 0 Å². The number of aliphatic hydroxyl groups is 1. The Balaban J connectivity index is 2.20. The van der Waals surface area contributed by atoms with Crippen LogP contribution in [0.1, 0.15) is 24.8 Å². The second-order valence-corrected chi connectivity index (χ2v) is 4.35. The number of nitro benzene ring substituents is 1. The Morgan fingerprint density at radius 1 is 1.50 bits per heavy atom. The minimum atomic E-state index is -0.577. The first-order chi connectivity index (χ1) is 8.61.